The SMILES string of the molecule is CC1(C)c2ccccc2-c2c1c1c(c3c2c2ccccc2n3-c2ccc(-c3nc(-c4ccccc4)nc(-c4ccc(C#N)cc4)n3)cc2)C(C)(C)c2ccccc2-1. The van der Waals surface area contributed by atoms with Crippen molar-refractivity contribution in [2.24, 2.45) is 0 Å². The average Bonchev–Trinajstić information content (AvgIpc) is 3.81. The van der Waals surface area contributed by atoms with Crippen molar-refractivity contribution in [2.45, 2.75) is 38.5 Å². The Bertz CT molecular complexity index is 3160. The highest BCUT2D eigenvalue weighted by atomic mass is 15.0. The first-order valence-corrected chi connectivity index (χ1v) is 19.5. The lowest BCUT2D eigenvalue weighted by Crippen LogP contribution is -2.19. The van der Waals surface area contributed by atoms with E-state index in [9.17, 15) is 5.26 Å². The van der Waals surface area contributed by atoms with Gasteiger partial charge in [-0.2, -0.15) is 5.26 Å². The van der Waals surface area contributed by atoms with Crippen LogP contribution in [0.25, 0.3) is 83.9 Å². The Hall–Kier alpha value is -7.16. The minimum atomic E-state index is -0.239. The maximum Gasteiger partial charge on any atom is 0.164 e. The van der Waals surface area contributed by atoms with E-state index in [1.54, 1.807) is 12.1 Å². The van der Waals surface area contributed by atoms with E-state index >= 15 is 0 Å². The zero-order chi connectivity index (χ0) is 38.6. The van der Waals surface area contributed by atoms with Gasteiger partial charge in [0.2, 0.25) is 0 Å². The minimum Gasteiger partial charge on any atom is -0.309 e. The van der Waals surface area contributed by atoms with E-state index in [4.69, 9.17) is 15.0 Å². The van der Waals surface area contributed by atoms with E-state index in [-0.39, 0.29) is 10.8 Å². The van der Waals surface area contributed by atoms with Crippen molar-refractivity contribution in [3.05, 3.63) is 179 Å². The molecule has 270 valence electrons. The van der Waals surface area contributed by atoms with Crippen molar-refractivity contribution in [2.75, 3.05) is 0 Å². The molecule has 0 spiro atoms. The Kier molecular flexibility index (Phi) is 6.94. The highest BCUT2D eigenvalue weighted by Crippen LogP contribution is 2.63. The molecule has 0 bridgehead atoms. The largest absolute Gasteiger partial charge is 0.309 e. The number of hydrogen-bond acceptors (Lipinski definition) is 4. The molecule has 5 nitrogen and oxygen atoms in total. The molecule has 0 radical (unpaired) electrons. The van der Waals surface area contributed by atoms with E-state index in [0.717, 1.165) is 22.4 Å². The van der Waals surface area contributed by atoms with Gasteiger partial charge in [0.25, 0.3) is 0 Å². The summed E-state index contributed by atoms with van der Waals surface area (Å²) in [5.41, 5.74) is 17.3. The summed E-state index contributed by atoms with van der Waals surface area (Å²) in [4.78, 5) is 14.9. The van der Waals surface area contributed by atoms with Crippen molar-refractivity contribution in [3.8, 4) is 68.2 Å². The minimum absolute atomic E-state index is 0.178. The van der Waals surface area contributed by atoms with Crippen LogP contribution in [0, 0.1) is 11.3 Å². The number of fused-ring (bicyclic) bond motifs is 12. The lowest BCUT2D eigenvalue weighted by atomic mass is 9.76. The van der Waals surface area contributed by atoms with E-state index in [1.165, 1.54) is 66.3 Å². The Morgan fingerprint density at radius 3 is 1.60 bits per heavy atom. The fourth-order valence-electron chi connectivity index (χ4n) is 9.83. The second-order valence-electron chi connectivity index (χ2n) is 16.3. The highest BCUT2D eigenvalue weighted by molar-refractivity contribution is 6.22. The van der Waals surface area contributed by atoms with Gasteiger partial charge in [0.1, 0.15) is 0 Å². The molecule has 0 unspecified atom stereocenters. The third kappa shape index (κ3) is 4.65. The summed E-state index contributed by atoms with van der Waals surface area (Å²) in [5.74, 6) is 1.75. The Morgan fingerprint density at radius 2 is 0.982 bits per heavy atom. The normalized spacial score (nSPS) is 14.2. The molecular formula is C52H37N5. The molecule has 2 heterocycles. The molecule has 9 aromatic rings. The number of hydrogen-bond donors (Lipinski definition) is 0. The molecule has 57 heavy (non-hydrogen) atoms. The van der Waals surface area contributed by atoms with Crippen LogP contribution in [-0.2, 0) is 10.8 Å². The van der Waals surface area contributed by atoms with E-state index in [0.29, 0.717) is 23.0 Å². The second kappa shape index (κ2) is 11.9. The van der Waals surface area contributed by atoms with Crippen LogP contribution in [0.5, 0.6) is 0 Å². The molecular weight excluding hydrogens is 695 g/mol. The number of aromatic nitrogens is 4. The van der Waals surface area contributed by atoms with Crippen LogP contribution in [0.3, 0.4) is 0 Å². The van der Waals surface area contributed by atoms with Crippen LogP contribution in [0.1, 0.15) is 55.5 Å². The summed E-state index contributed by atoms with van der Waals surface area (Å²) < 4.78 is 2.50. The molecule has 2 aliphatic rings. The number of rotatable bonds is 4. The molecule has 0 atom stereocenters. The molecule has 0 fully saturated rings. The average molecular weight is 732 g/mol. The first-order valence-electron chi connectivity index (χ1n) is 19.5. The summed E-state index contributed by atoms with van der Waals surface area (Å²) in [6.45, 7) is 9.63. The molecule has 7 aromatic carbocycles. The van der Waals surface area contributed by atoms with Gasteiger partial charge in [-0.15, -0.1) is 0 Å². The molecule has 0 aliphatic heterocycles. The molecule has 2 aliphatic carbocycles. The van der Waals surface area contributed by atoms with Gasteiger partial charge in [-0.25, -0.2) is 15.0 Å². The van der Waals surface area contributed by atoms with Crippen molar-refractivity contribution in [1.29, 1.82) is 5.26 Å². The van der Waals surface area contributed by atoms with Gasteiger partial charge in [-0.3, -0.25) is 0 Å². The second-order valence-corrected chi connectivity index (χ2v) is 16.3. The maximum atomic E-state index is 9.41. The van der Waals surface area contributed by atoms with Gasteiger partial charge < -0.3 is 4.57 Å². The number of para-hydroxylation sites is 1. The Balaban J connectivity index is 1.17. The van der Waals surface area contributed by atoms with Gasteiger partial charge in [-0.1, -0.05) is 125 Å². The smallest absolute Gasteiger partial charge is 0.164 e. The fourth-order valence-corrected chi connectivity index (χ4v) is 9.83. The standard InChI is InChI=1S/C52H37N5/c1-51(2)39-19-11-8-16-36(39)42-43-38-18-10-13-21-41(38)57(47(43)46-44(45(42)51)37-17-9-12-20-40(37)52(46,3)4)35-28-26-34(27-29-35)50-55-48(32-14-6-5-7-15-32)54-49(56-50)33-24-22-31(30-53)23-25-33/h5-29H,1-4H3. The molecule has 11 rings (SSSR count). The molecule has 5 heteroatoms. The Labute approximate surface area is 331 Å². The van der Waals surface area contributed by atoms with E-state index < -0.39 is 0 Å². The topological polar surface area (TPSA) is 67.4 Å². The summed E-state index contributed by atoms with van der Waals surface area (Å²) in [6.07, 6.45) is 0. The number of nitrogens with zero attached hydrogens (tertiary/aromatic N) is 5. The van der Waals surface area contributed by atoms with Gasteiger partial charge >= 0.3 is 0 Å². The molecule has 0 amide bonds. The first-order chi connectivity index (χ1) is 27.8. The van der Waals surface area contributed by atoms with Crippen molar-refractivity contribution < 1.29 is 0 Å². The predicted octanol–water partition coefficient (Wildman–Crippen LogP) is 12.5. The molecule has 0 saturated heterocycles. The van der Waals surface area contributed by atoms with Gasteiger partial charge in [0.15, 0.2) is 17.5 Å². The summed E-state index contributed by atoms with van der Waals surface area (Å²) in [6, 6.07) is 55.3. The Morgan fingerprint density at radius 1 is 0.491 bits per heavy atom. The number of benzene rings is 7. The third-order valence-electron chi connectivity index (χ3n) is 12.4. The van der Waals surface area contributed by atoms with Crippen LogP contribution >= 0.6 is 0 Å². The lowest BCUT2D eigenvalue weighted by Gasteiger charge is -2.28. The van der Waals surface area contributed by atoms with Crippen LogP contribution in [0.2, 0.25) is 0 Å². The zero-order valence-corrected chi connectivity index (χ0v) is 32.2. The maximum absolute atomic E-state index is 9.41. The monoisotopic (exact) mass is 731 g/mol. The fraction of sp³-hybridized carbons (Fsp3) is 0.115. The first kappa shape index (κ1) is 33.2. The van der Waals surface area contributed by atoms with Gasteiger partial charge in [-0.05, 0) is 99.1 Å². The predicted molar refractivity (Wildman–Crippen MR) is 230 cm³/mol. The van der Waals surface area contributed by atoms with Crippen molar-refractivity contribution in [1.82, 2.24) is 19.5 Å². The molecule has 0 N–H and O–H groups in total. The summed E-state index contributed by atoms with van der Waals surface area (Å²) in [7, 11) is 0. The summed E-state index contributed by atoms with van der Waals surface area (Å²) in [5, 5.41) is 12.0. The van der Waals surface area contributed by atoms with E-state index in [1.807, 2.05) is 42.5 Å². The quantitative estimate of drug-likeness (QED) is 0.181. The lowest BCUT2D eigenvalue weighted by molar-refractivity contribution is 0.650. The van der Waals surface area contributed by atoms with Gasteiger partial charge in [0, 0.05) is 44.0 Å². The van der Waals surface area contributed by atoms with Crippen molar-refractivity contribution in [3.63, 3.8) is 0 Å². The summed E-state index contributed by atoms with van der Waals surface area (Å²) >= 11 is 0. The van der Waals surface area contributed by atoms with Crippen LogP contribution < -0.4 is 0 Å². The zero-order valence-electron chi connectivity index (χ0n) is 32.2. The molecule has 2 aromatic heterocycles. The van der Waals surface area contributed by atoms with Crippen LogP contribution in [0.15, 0.2) is 152 Å². The van der Waals surface area contributed by atoms with Crippen LogP contribution in [0.4, 0.5) is 0 Å². The third-order valence-corrected chi connectivity index (χ3v) is 12.4. The van der Waals surface area contributed by atoms with E-state index in [2.05, 4.69) is 135 Å². The highest BCUT2D eigenvalue weighted by Gasteiger charge is 2.47. The van der Waals surface area contributed by atoms with Crippen LogP contribution in [-0.4, -0.2) is 19.5 Å². The van der Waals surface area contributed by atoms with Gasteiger partial charge in [0.05, 0.1) is 22.7 Å². The number of nitriles is 1. The van der Waals surface area contributed by atoms with Crippen molar-refractivity contribution >= 4 is 21.8 Å². The molecule has 0 saturated carbocycles.